The molecule has 1 fully saturated rings. The van der Waals surface area contributed by atoms with E-state index in [9.17, 15) is 0 Å². The van der Waals surface area contributed by atoms with Gasteiger partial charge in [0.05, 0.1) is 10.0 Å². The van der Waals surface area contributed by atoms with Crippen molar-refractivity contribution in [1.82, 2.24) is 0 Å². The zero-order valence-electron chi connectivity index (χ0n) is 9.19. The summed E-state index contributed by atoms with van der Waals surface area (Å²) in [4.78, 5) is 0. The number of hydrogen-bond acceptors (Lipinski definition) is 0. The van der Waals surface area contributed by atoms with Crippen LogP contribution in [-0.2, 0) is 5.41 Å². The van der Waals surface area contributed by atoms with Gasteiger partial charge in [-0.15, -0.1) is 0 Å². The molecule has 0 aliphatic heterocycles. The molecule has 15 heavy (non-hydrogen) atoms. The molecule has 0 spiro atoms. The SMILES string of the molecule is CCC1CC1(CC)c1ccc(Cl)c(Cl)c1. The molecule has 0 N–H and O–H groups in total. The van der Waals surface area contributed by atoms with Crippen molar-refractivity contribution in [2.24, 2.45) is 5.92 Å². The van der Waals surface area contributed by atoms with Gasteiger partial charge in [0.2, 0.25) is 0 Å². The smallest absolute Gasteiger partial charge is 0.0595 e. The number of hydrogen-bond donors (Lipinski definition) is 0. The van der Waals surface area contributed by atoms with Crippen molar-refractivity contribution in [3.8, 4) is 0 Å². The van der Waals surface area contributed by atoms with Crippen LogP contribution >= 0.6 is 23.2 Å². The first-order chi connectivity index (χ1) is 7.14. The van der Waals surface area contributed by atoms with E-state index >= 15 is 0 Å². The molecule has 1 aliphatic carbocycles. The monoisotopic (exact) mass is 242 g/mol. The van der Waals surface area contributed by atoms with E-state index in [4.69, 9.17) is 23.2 Å². The van der Waals surface area contributed by atoms with E-state index in [1.807, 2.05) is 12.1 Å². The van der Waals surface area contributed by atoms with Gasteiger partial charge in [0.1, 0.15) is 0 Å². The third-order valence-electron chi connectivity index (χ3n) is 3.85. The second-order valence-electron chi connectivity index (χ2n) is 4.45. The third-order valence-corrected chi connectivity index (χ3v) is 4.59. The highest BCUT2D eigenvalue weighted by atomic mass is 35.5. The molecule has 0 aromatic heterocycles. The summed E-state index contributed by atoms with van der Waals surface area (Å²) < 4.78 is 0. The van der Waals surface area contributed by atoms with Crippen molar-refractivity contribution >= 4 is 23.2 Å². The van der Waals surface area contributed by atoms with Gasteiger partial charge in [0.25, 0.3) is 0 Å². The van der Waals surface area contributed by atoms with Gasteiger partial charge in [-0.2, -0.15) is 0 Å². The van der Waals surface area contributed by atoms with Crippen LogP contribution in [0.1, 0.15) is 38.7 Å². The van der Waals surface area contributed by atoms with E-state index in [1.54, 1.807) is 0 Å². The highest BCUT2D eigenvalue weighted by molar-refractivity contribution is 6.42. The first kappa shape index (κ1) is 11.3. The fourth-order valence-corrected chi connectivity index (χ4v) is 3.01. The molecule has 82 valence electrons. The van der Waals surface area contributed by atoms with Crippen LogP contribution in [0, 0.1) is 5.92 Å². The van der Waals surface area contributed by atoms with Crippen molar-refractivity contribution in [1.29, 1.82) is 0 Å². The summed E-state index contributed by atoms with van der Waals surface area (Å²) >= 11 is 12.0. The summed E-state index contributed by atoms with van der Waals surface area (Å²) in [5.41, 5.74) is 1.76. The molecule has 0 amide bonds. The van der Waals surface area contributed by atoms with Gasteiger partial charge >= 0.3 is 0 Å². The Hall–Kier alpha value is -0.200. The normalized spacial score (nSPS) is 29.2. The summed E-state index contributed by atoms with van der Waals surface area (Å²) in [5, 5.41) is 1.34. The van der Waals surface area contributed by atoms with Crippen LogP contribution in [0.3, 0.4) is 0 Å². The first-order valence-electron chi connectivity index (χ1n) is 5.59. The maximum atomic E-state index is 6.06. The minimum atomic E-state index is 0.392. The Bertz CT molecular complexity index is 373. The van der Waals surface area contributed by atoms with Gasteiger partial charge in [-0.05, 0) is 41.9 Å². The van der Waals surface area contributed by atoms with Crippen LogP contribution in [0.4, 0.5) is 0 Å². The van der Waals surface area contributed by atoms with E-state index in [2.05, 4.69) is 19.9 Å². The first-order valence-corrected chi connectivity index (χ1v) is 6.35. The van der Waals surface area contributed by atoms with Crippen molar-refractivity contribution in [3.05, 3.63) is 33.8 Å². The van der Waals surface area contributed by atoms with E-state index in [-0.39, 0.29) is 0 Å². The topological polar surface area (TPSA) is 0 Å². The minimum Gasteiger partial charge on any atom is -0.0827 e. The van der Waals surface area contributed by atoms with Gasteiger partial charge in [-0.3, -0.25) is 0 Å². The van der Waals surface area contributed by atoms with Gasteiger partial charge in [-0.25, -0.2) is 0 Å². The number of benzene rings is 1. The lowest BCUT2D eigenvalue weighted by molar-refractivity contribution is 0.572. The van der Waals surface area contributed by atoms with Crippen molar-refractivity contribution in [2.45, 2.75) is 38.5 Å². The minimum absolute atomic E-state index is 0.392. The summed E-state index contributed by atoms with van der Waals surface area (Å²) in [6.07, 6.45) is 3.76. The number of rotatable bonds is 3. The molecule has 2 atom stereocenters. The standard InChI is InChI=1S/C13H16Cl2/c1-3-9-8-13(9,4-2)10-5-6-11(14)12(15)7-10/h5-7,9H,3-4,8H2,1-2H3. The van der Waals surface area contributed by atoms with Crippen LogP contribution in [0.5, 0.6) is 0 Å². The van der Waals surface area contributed by atoms with Crippen molar-refractivity contribution in [3.63, 3.8) is 0 Å². The fourth-order valence-electron chi connectivity index (χ4n) is 2.71. The third kappa shape index (κ3) is 1.79. The lowest BCUT2D eigenvalue weighted by Gasteiger charge is -2.16. The molecule has 2 unspecified atom stereocenters. The average molecular weight is 243 g/mol. The predicted molar refractivity (Wildman–Crippen MR) is 66.8 cm³/mol. The molecule has 2 heteroatoms. The summed E-state index contributed by atoms with van der Waals surface area (Å²) in [7, 11) is 0. The summed E-state index contributed by atoms with van der Waals surface area (Å²) in [6, 6.07) is 6.10. The second-order valence-corrected chi connectivity index (χ2v) is 5.26. The maximum Gasteiger partial charge on any atom is 0.0595 e. The lowest BCUT2D eigenvalue weighted by atomic mass is 9.90. The van der Waals surface area contributed by atoms with Crippen LogP contribution in [0.15, 0.2) is 18.2 Å². The molecule has 0 heterocycles. The second kappa shape index (κ2) is 3.99. The lowest BCUT2D eigenvalue weighted by Crippen LogP contribution is -2.08. The molecular formula is C13H16Cl2. The molecule has 0 saturated heterocycles. The highest BCUT2D eigenvalue weighted by Crippen LogP contribution is 2.58. The molecule has 0 bridgehead atoms. The van der Waals surface area contributed by atoms with Gasteiger partial charge in [0, 0.05) is 0 Å². The van der Waals surface area contributed by atoms with E-state index in [0.717, 1.165) is 5.92 Å². The van der Waals surface area contributed by atoms with Crippen LogP contribution < -0.4 is 0 Å². The van der Waals surface area contributed by atoms with Crippen molar-refractivity contribution in [2.75, 3.05) is 0 Å². The maximum absolute atomic E-state index is 6.06. The molecule has 0 nitrogen and oxygen atoms in total. The van der Waals surface area contributed by atoms with E-state index < -0.39 is 0 Å². The zero-order valence-corrected chi connectivity index (χ0v) is 10.7. The summed E-state index contributed by atoms with van der Waals surface area (Å²) in [6.45, 7) is 4.53. The Morgan fingerprint density at radius 1 is 1.27 bits per heavy atom. The van der Waals surface area contributed by atoms with Crippen molar-refractivity contribution < 1.29 is 0 Å². The highest BCUT2D eigenvalue weighted by Gasteiger charge is 2.52. The molecule has 0 radical (unpaired) electrons. The fraction of sp³-hybridized carbons (Fsp3) is 0.538. The van der Waals surface area contributed by atoms with Gasteiger partial charge < -0.3 is 0 Å². The average Bonchev–Trinajstić information content (AvgIpc) is 2.97. The van der Waals surface area contributed by atoms with Crippen LogP contribution in [0.2, 0.25) is 10.0 Å². The van der Waals surface area contributed by atoms with Crippen LogP contribution in [-0.4, -0.2) is 0 Å². The Morgan fingerprint density at radius 2 is 2.00 bits per heavy atom. The predicted octanol–water partition coefficient (Wildman–Crippen LogP) is 5.07. The summed E-state index contributed by atoms with van der Waals surface area (Å²) in [5.74, 6) is 0.833. The van der Waals surface area contributed by atoms with E-state index in [1.165, 1.54) is 24.8 Å². The molecule has 2 rings (SSSR count). The Balaban J connectivity index is 2.33. The van der Waals surface area contributed by atoms with Gasteiger partial charge in [0.15, 0.2) is 0 Å². The Kier molecular flexibility index (Phi) is 3.00. The quantitative estimate of drug-likeness (QED) is 0.695. The Morgan fingerprint density at radius 3 is 2.47 bits per heavy atom. The zero-order chi connectivity index (χ0) is 11.1. The largest absolute Gasteiger partial charge is 0.0827 e. The molecule has 1 saturated carbocycles. The number of halogens is 2. The van der Waals surface area contributed by atoms with Crippen LogP contribution in [0.25, 0.3) is 0 Å². The van der Waals surface area contributed by atoms with Gasteiger partial charge in [-0.1, -0.05) is 49.5 Å². The molecule has 1 aromatic rings. The Labute approximate surface area is 102 Å². The molecule has 1 aromatic carbocycles. The van der Waals surface area contributed by atoms with E-state index in [0.29, 0.717) is 15.5 Å². The molecular weight excluding hydrogens is 227 g/mol. The molecule has 1 aliphatic rings.